The van der Waals surface area contributed by atoms with E-state index in [9.17, 15) is 8.42 Å². The molecule has 0 aliphatic carbocycles. The molecule has 0 radical (unpaired) electrons. The number of para-hydroxylation sites is 2. The standard InChI is InChI=1S/C17H20N4O4S/c1-12-15(18-8-7-16(12)25-10-9-24-2)11-19-26(22,23)17-20-13-5-3-4-6-14(13)21-17/h3-8,19H,9-11H2,1-2H3,(H,20,21). The molecular formula is C17H20N4O4S. The zero-order valence-corrected chi connectivity index (χ0v) is 15.3. The number of H-pyrrole nitrogens is 1. The summed E-state index contributed by atoms with van der Waals surface area (Å²) in [7, 11) is -2.19. The van der Waals surface area contributed by atoms with E-state index in [1.807, 2.05) is 13.0 Å². The summed E-state index contributed by atoms with van der Waals surface area (Å²) in [6.45, 7) is 2.74. The molecule has 0 saturated carbocycles. The third kappa shape index (κ3) is 4.01. The highest BCUT2D eigenvalue weighted by Gasteiger charge is 2.19. The molecule has 0 saturated heterocycles. The van der Waals surface area contributed by atoms with E-state index in [1.165, 1.54) is 0 Å². The van der Waals surface area contributed by atoms with Gasteiger partial charge in [0.2, 0.25) is 5.16 Å². The van der Waals surface area contributed by atoms with Crippen LogP contribution in [-0.4, -0.2) is 43.7 Å². The number of fused-ring (bicyclic) bond motifs is 1. The Kier molecular flexibility index (Phi) is 5.50. The zero-order chi connectivity index (χ0) is 18.6. The molecule has 138 valence electrons. The first-order valence-electron chi connectivity index (χ1n) is 8.02. The molecule has 1 aromatic carbocycles. The summed E-state index contributed by atoms with van der Waals surface area (Å²) in [6, 6.07) is 8.87. The molecule has 2 aromatic heterocycles. The molecule has 0 atom stereocenters. The minimum atomic E-state index is -3.79. The van der Waals surface area contributed by atoms with Crippen LogP contribution in [-0.2, 0) is 21.3 Å². The van der Waals surface area contributed by atoms with Crippen LogP contribution in [0.5, 0.6) is 5.75 Å². The van der Waals surface area contributed by atoms with Gasteiger partial charge in [0, 0.05) is 18.9 Å². The maximum Gasteiger partial charge on any atom is 0.274 e. The van der Waals surface area contributed by atoms with Crippen LogP contribution in [0.15, 0.2) is 41.7 Å². The number of benzene rings is 1. The molecule has 0 spiro atoms. The predicted molar refractivity (Wildman–Crippen MR) is 96.5 cm³/mol. The van der Waals surface area contributed by atoms with Crippen LogP contribution in [0, 0.1) is 6.92 Å². The minimum absolute atomic E-state index is 0.0344. The third-order valence-electron chi connectivity index (χ3n) is 3.86. The van der Waals surface area contributed by atoms with Crippen LogP contribution >= 0.6 is 0 Å². The largest absolute Gasteiger partial charge is 0.491 e. The van der Waals surface area contributed by atoms with Crippen molar-refractivity contribution in [3.05, 3.63) is 47.8 Å². The zero-order valence-electron chi connectivity index (χ0n) is 14.5. The van der Waals surface area contributed by atoms with Gasteiger partial charge in [0.05, 0.1) is 29.9 Å². The second-order valence-electron chi connectivity index (χ2n) is 5.61. The molecule has 3 aromatic rings. The molecule has 9 heteroatoms. The Bertz CT molecular complexity index is 968. The number of imidazole rings is 1. The number of pyridine rings is 1. The number of aromatic amines is 1. The van der Waals surface area contributed by atoms with Crippen molar-refractivity contribution in [2.45, 2.75) is 18.6 Å². The molecule has 0 bridgehead atoms. The van der Waals surface area contributed by atoms with Gasteiger partial charge in [-0.2, -0.15) is 0 Å². The SMILES string of the molecule is COCCOc1ccnc(CNS(=O)(=O)c2nc3ccccc3[nH]2)c1C. The van der Waals surface area contributed by atoms with Crippen LogP contribution in [0.3, 0.4) is 0 Å². The maximum absolute atomic E-state index is 12.5. The summed E-state index contributed by atoms with van der Waals surface area (Å²) < 4.78 is 38.1. The number of methoxy groups -OCH3 is 1. The number of aromatic nitrogens is 3. The van der Waals surface area contributed by atoms with Gasteiger partial charge in [0.25, 0.3) is 10.0 Å². The van der Waals surface area contributed by atoms with Gasteiger partial charge in [-0.25, -0.2) is 18.1 Å². The van der Waals surface area contributed by atoms with Gasteiger partial charge in [0.1, 0.15) is 12.4 Å². The molecule has 2 N–H and O–H groups in total. The van der Waals surface area contributed by atoms with Gasteiger partial charge < -0.3 is 14.5 Å². The van der Waals surface area contributed by atoms with Gasteiger partial charge in [-0.1, -0.05) is 12.1 Å². The van der Waals surface area contributed by atoms with Crippen molar-refractivity contribution < 1.29 is 17.9 Å². The first-order chi connectivity index (χ1) is 12.5. The quantitative estimate of drug-likeness (QED) is 0.581. The Hall–Kier alpha value is -2.49. The van der Waals surface area contributed by atoms with E-state index >= 15 is 0 Å². The van der Waals surface area contributed by atoms with E-state index in [2.05, 4.69) is 19.7 Å². The summed E-state index contributed by atoms with van der Waals surface area (Å²) in [5.41, 5.74) is 2.61. The van der Waals surface area contributed by atoms with Crippen LogP contribution in [0.2, 0.25) is 0 Å². The maximum atomic E-state index is 12.5. The number of rotatable bonds is 8. The number of hydrogen-bond donors (Lipinski definition) is 2. The normalized spacial score (nSPS) is 11.8. The molecule has 8 nitrogen and oxygen atoms in total. The minimum Gasteiger partial charge on any atom is -0.491 e. The Morgan fingerprint density at radius 3 is 2.77 bits per heavy atom. The van der Waals surface area contributed by atoms with E-state index in [-0.39, 0.29) is 11.7 Å². The van der Waals surface area contributed by atoms with Crippen LogP contribution in [0.4, 0.5) is 0 Å². The van der Waals surface area contributed by atoms with Crippen molar-refractivity contribution in [3.63, 3.8) is 0 Å². The monoisotopic (exact) mass is 376 g/mol. The number of ether oxygens (including phenoxy) is 2. The van der Waals surface area contributed by atoms with E-state index in [0.29, 0.717) is 35.7 Å². The molecule has 26 heavy (non-hydrogen) atoms. The average molecular weight is 376 g/mol. The van der Waals surface area contributed by atoms with Crippen molar-refractivity contribution >= 4 is 21.1 Å². The lowest BCUT2D eigenvalue weighted by molar-refractivity contribution is 0.146. The Morgan fingerprint density at radius 2 is 2.00 bits per heavy atom. The highest BCUT2D eigenvalue weighted by Crippen LogP contribution is 2.20. The lowest BCUT2D eigenvalue weighted by Gasteiger charge is -2.12. The molecule has 0 unspecified atom stereocenters. The highest BCUT2D eigenvalue weighted by molar-refractivity contribution is 7.89. The summed E-state index contributed by atoms with van der Waals surface area (Å²) in [6.07, 6.45) is 1.58. The van der Waals surface area contributed by atoms with Crippen molar-refractivity contribution in [1.82, 2.24) is 19.7 Å². The van der Waals surface area contributed by atoms with E-state index < -0.39 is 10.0 Å². The Morgan fingerprint density at radius 1 is 1.19 bits per heavy atom. The summed E-state index contributed by atoms with van der Waals surface area (Å²) in [5, 5.41) is -0.121. The Balaban J connectivity index is 1.74. The van der Waals surface area contributed by atoms with Crippen molar-refractivity contribution in [2.24, 2.45) is 0 Å². The number of nitrogens with zero attached hydrogens (tertiary/aromatic N) is 2. The molecule has 3 rings (SSSR count). The van der Waals surface area contributed by atoms with Crippen molar-refractivity contribution in [1.29, 1.82) is 0 Å². The predicted octanol–water partition coefficient (Wildman–Crippen LogP) is 1.77. The first-order valence-corrected chi connectivity index (χ1v) is 9.50. The molecule has 0 amide bonds. The lowest BCUT2D eigenvalue weighted by atomic mass is 10.2. The molecule has 0 aliphatic rings. The number of hydrogen-bond acceptors (Lipinski definition) is 6. The first kappa shape index (κ1) is 18.3. The number of sulfonamides is 1. The lowest BCUT2D eigenvalue weighted by Crippen LogP contribution is -2.25. The highest BCUT2D eigenvalue weighted by atomic mass is 32.2. The van der Waals surface area contributed by atoms with E-state index in [4.69, 9.17) is 9.47 Å². The molecule has 2 heterocycles. The van der Waals surface area contributed by atoms with Crippen molar-refractivity contribution in [3.8, 4) is 5.75 Å². The second-order valence-corrected chi connectivity index (χ2v) is 7.29. The topological polar surface area (TPSA) is 106 Å². The van der Waals surface area contributed by atoms with Crippen LogP contribution in [0.25, 0.3) is 11.0 Å². The summed E-state index contributed by atoms with van der Waals surface area (Å²) in [5.74, 6) is 0.648. The van der Waals surface area contributed by atoms with Crippen LogP contribution < -0.4 is 9.46 Å². The fourth-order valence-corrected chi connectivity index (χ4v) is 3.34. The van der Waals surface area contributed by atoms with Gasteiger partial charge in [0.15, 0.2) is 0 Å². The molecule has 0 fully saturated rings. The van der Waals surface area contributed by atoms with Crippen molar-refractivity contribution in [2.75, 3.05) is 20.3 Å². The Labute approximate surface area is 151 Å². The third-order valence-corrected chi connectivity index (χ3v) is 5.08. The molecule has 0 aliphatic heterocycles. The van der Waals surface area contributed by atoms with Gasteiger partial charge in [-0.15, -0.1) is 0 Å². The fourth-order valence-electron chi connectivity index (χ4n) is 2.42. The van der Waals surface area contributed by atoms with Gasteiger partial charge in [-0.3, -0.25) is 4.98 Å². The molecular weight excluding hydrogens is 356 g/mol. The van der Waals surface area contributed by atoms with Crippen LogP contribution in [0.1, 0.15) is 11.3 Å². The second kappa shape index (κ2) is 7.81. The smallest absolute Gasteiger partial charge is 0.274 e. The average Bonchev–Trinajstić information content (AvgIpc) is 3.07. The van der Waals surface area contributed by atoms with E-state index in [0.717, 1.165) is 5.56 Å². The number of nitrogens with one attached hydrogen (secondary N) is 2. The van der Waals surface area contributed by atoms with Gasteiger partial charge >= 0.3 is 0 Å². The van der Waals surface area contributed by atoms with Gasteiger partial charge in [-0.05, 0) is 25.1 Å². The summed E-state index contributed by atoms with van der Waals surface area (Å²) in [4.78, 5) is 11.2. The summed E-state index contributed by atoms with van der Waals surface area (Å²) >= 11 is 0. The van der Waals surface area contributed by atoms with E-state index in [1.54, 1.807) is 37.6 Å². The fraction of sp³-hybridized carbons (Fsp3) is 0.294.